The number of anilines is 1. The van der Waals surface area contributed by atoms with Gasteiger partial charge in [0.05, 0.1) is 37.0 Å². The number of rotatable bonds is 9. The number of nitrogens with one attached hydrogen (secondary N) is 2. The highest BCUT2D eigenvalue weighted by Crippen LogP contribution is 2.33. The number of carbonyl (C=O) groups excluding carboxylic acids is 1. The van der Waals surface area contributed by atoms with E-state index in [1.807, 2.05) is 39.8 Å². The van der Waals surface area contributed by atoms with Crippen molar-refractivity contribution in [1.82, 2.24) is 19.8 Å². The summed E-state index contributed by atoms with van der Waals surface area (Å²) >= 11 is 0. The number of hydrogen-bond donors (Lipinski definition) is 3. The summed E-state index contributed by atoms with van der Waals surface area (Å²) in [6, 6.07) is 14.6. The summed E-state index contributed by atoms with van der Waals surface area (Å²) in [6.07, 6.45) is 7.05. The SMILES string of the molecule is COc1c(F)cccc1NCC[C@@H]1CNCCN1C(=O)c1ncn(CC2(O)CCCCC2)c1-c1ccccc1. The Morgan fingerprint density at radius 2 is 1.97 bits per heavy atom. The zero-order valence-corrected chi connectivity index (χ0v) is 22.5. The summed E-state index contributed by atoms with van der Waals surface area (Å²) in [5, 5.41) is 18.0. The fourth-order valence-electron chi connectivity index (χ4n) is 5.89. The van der Waals surface area contributed by atoms with Crippen molar-refractivity contribution in [3.05, 3.63) is 66.4 Å². The van der Waals surface area contributed by atoms with Crippen molar-refractivity contribution >= 4 is 11.6 Å². The molecule has 2 fully saturated rings. The molecule has 9 heteroatoms. The van der Waals surface area contributed by atoms with Crippen LogP contribution in [0.5, 0.6) is 5.75 Å². The number of benzene rings is 2. The predicted octanol–water partition coefficient (Wildman–Crippen LogP) is 4.31. The fourth-order valence-corrected chi connectivity index (χ4v) is 5.89. The first-order valence-electron chi connectivity index (χ1n) is 13.9. The molecule has 3 aromatic rings. The second-order valence-electron chi connectivity index (χ2n) is 10.6. The van der Waals surface area contributed by atoms with Crippen LogP contribution in [0.3, 0.4) is 0 Å². The second-order valence-corrected chi connectivity index (χ2v) is 10.6. The van der Waals surface area contributed by atoms with Gasteiger partial charge in [0.2, 0.25) is 0 Å². The lowest BCUT2D eigenvalue weighted by Crippen LogP contribution is -2.54. The highest BCUT2D eigenvalue weighted by atomic mass is 19.1. The van der Waals surface area contributed by atoms with Gasteiger partial charge in [0, 0.05) is 37.8 Å². The first-order chi connectivity index (χ1) is 19.0. The summed E-state index contributed by atoms with van der Waals surface area (Å²) in [5.41, 5.74) is 1.87. The third-order valence-electron chi connectivity index (χ3n) is 7.91. The molecule has 1 amide bonds. The van der Waals surface area contributed by atoms with Crippen LogP contribution in [-0.2, 0) is 6.54 Å². The highest BCUT2D eigenvalue weighted by molar-refractivity contribution is 5.98. The zero-order valence-electron chi connectivity index (χ0n) is 22.5. The van der Waals surface area contributed by atoms with Crippen LogP contribution < -0.4 is 15.4 Å². The molecule has 0 spiro atoms. The molecular formula is C30H38FN5O3. The van der Waals surface area contributed by atoms with E-state index in [9.17, 15) is 14.3 Å². The molecule has 3 N–H and O–H groups in total. The quantitative estimate of drug-likeness (QED) is 0.378. The molecule has 0 bridgehead atoms. The summed E-state index contributed by atoms with van der Waals surface area (Å²) in [4.78, 5) is 20.6. The van der Waals surface area contributed by atoms with Crippen LogP contribution in [0, 0.1) is 5.82 Å². The number of para-hydroxylation sites is 1. The van der Waals surface area contributed by atoms with Gasteiger partial charge in [-0.05, 0) is 31.4 Å². The molecule has 2 aliphatic rings. The molecule has 1 aromatic heterocycles. The number of nitrogens with zero attached hydrogens (tertiary/aromatic N) is 3. The topological polar surface area (TPSA) is 91.7 Å². The van der Waals surface area contributed by atoms with Gasteiger partial charge >= 0.3 is 0 Å². The maximum Gasteiger partial charge on any atom is 0.275 e. The highest BCUT2D eigenvalue weighted by Gasteiger charge is 2.34. The van der Waals surface area contributed by atoms with Crippen LogP contribution in [0.4, 0.5) is 10.1 Å². The van der Waals surface area contributed by atoms with Crippen molar-refractivity contribution in [3.63, 3.8) is 0 Å². The molecule has 39 heavy (non-hydrogen) atoms. The van der Waals surface area contributed by atoms with Crippen LogP contribution in [0.15, 0.2) is 54.9 Å². The minimum Gasteiger partial charge on any atom is -0.492 e. The monoisotopic (exact) mass is 535 g/mol. The first-order valence-corrected chi connectivity index (χ1v) is 13.9. The smallest absolute Gasteiger partial charge is 0.275 e. The van der Waals surface area contributed by atoms with Gasteiger partial charge < -0.3 is 29.9 Å². The number of methoxy groups -OCH3 is 1. The van der Waals surface area contributed by atoms with Gasteiger partial charge in [-0.3, -0.25) is 4.79 Å². The van der Waals surface area contributed by atoms with Crippen LogP contribution in [0.25, 0.3) is 11.3 Å². The number of hydrogen-bond acceptors (Lipinski definition) is 6. The Morgan fingerprint density at radius 3 is 2.74 bits per heavy atom. The van der Waals surface area contributed by atoms with Gasteiger partial charge in [-0.1, -0.05) is 55.7 Å². The van der Waals surface area contributed by atoms with Crippen LogP contribution in [0.1, 0.15) is 49.0 Å². The third kappa shape index (κ3) is 6.09. The number of piperazine rings is 1. The van der Waals surface area contributed by atoms with Crippen molar-refractivity contribution in [2.75, 3.05) is 38.6 Å². The van der Waals surface area contributed by atoms with E-state index in [1.54, 1.807) is 18.5 Å². The summed E-state index contributed by atoms with van der Waals surface area (Å²) in [5.74, 6) is -0.344. The Bertz CT molecular complexity index is 1260. The Hall–Kier alpha value is -3.43. The Labute approximate surface area is 229 Å². The minimum atomic E-state index is -0.788. The van der Waals surface area contributed by atoms with Gasteiger partial charge in [0.15, 0.2) is 17.3 Å². The molecule has 8 nitrogen and oxygen atoms in total. The van der Waals surface area contributed by atoms with E-state index in [4.69, 9.17) is 4.74 Å². The zero-order chi connectivity index (χ0) is 27.2. The summed E-state index contributed by atoms with van der Waals surface area (Å²) < 4.78 is 21.3. The van der Waals surface area contributed by atoms with E-state index in [-0.39, 0.29) is 17.7 Å². The average molecular weight is 536 g/mol. The third-order valence-corrected chi connectivity index (χ3v) is 7.91. The molecule has 0 unspecified atom stereocenters. The number of amides is 1. The summed E-state index contributed by atoms with van der Waals surface area (Å²) in [7, 11) is 1.45. The number of aliphatic hydroxyl groups is 1. The fraction of sp³-hybridized carbons (Fsp3) is 0.467. The average Bonchev–Trinajstić information content (AvgIpc) is 3.36. The molecule has 5 rings (SSSR count). The first kappa shape index (κ1) is 27.1. The van der Waals surface area contributed by atoms with E-state index in [0.717, 1.165) is 43.4 Å². The lowest BCUT2D eigenvalue weighted by atomic mass is 9.84. The van der Waals surface area contributed by atoms with Gasteiger partial charge in [-0.15, -0.1) is 0 Å². The number of halogens is 1. The normalized spacial score (nSPS) is 19.1. The van der Waals surface area contributed by atoms with E-state index < -0.39 is 11.4 Å². The number of imidazole rings is 1. The Kier molecular flexibility index (Phi) is 8.47. The molecule has 1 atom stereocenters. The van der Waals surface area contributed by atoms with Crippen molar-refractivity contribution in [2.45, 2.75) is 56.7 Å². The van der Waals surface area contributed by atoms with Gasteiger partial charge in [-0.2, -0.15) is 0 Å². The Morgan fingerprint density at radius 1 is 1.18 bits per heavy atom. The van der Waals surface area contributed by atoms with Crippen LogP contribution in [-0.4, -0.2) is 70.4 Å². The number of carbonyl (C=O) groups is 1. The van der Waals surface area contributed by atoms with E-state index >= 15 is 0 Å². The van der Waals surface area contributed by atoms with Gasteiger partial charge in [0.1, 0.15) is 0 Å². The van der Waals surface area contributed by atoms with Crippen molar-refractivity contribution in [3.8, 4) is 17.0 Å². The minimum absolute atomic E-state index is 0.0606. The molecule has 1 saturated heterocycles. The summed E-state index contributed by atoms with van der Waals surface area (Å²) in [6.45, 7) is 2.89. The molecular weight excluding hydrogens is 497 g/mol. The molecule has 208 valence electrons. The van der Waals surface area contributed by atoms with E-state index in [0.29, 0.717) is 50.5 Å². The van der Waals surface area contributed by atoms with Gasteiger partial charge in [-0.25, -0.2) is 9.37 Å². The molecule has 1 aliphatic carbocycles. The molecule has 0 radical (unpaired) electrons. The van der Waals surface area contributed by atoms with Crippen molar-refractivity contribution in [2.24, 2.45) is 0 Å². The maximum atomic E-state index is 14.1. The van der Waals surface area contributed by atoms with Crippen LogP contribution in [0.2, 0.25) is 0 Å². The standard InChI is InChI=1S/C30H38FN5O3/c1-39-28-24(31)11-8-12-25(28)33-16-13-23-19-32-17-18-36(23)29(37)26-27(22-9-4-2-5-10-22)35(21-34-26)20-30(38)14-6-3-7-15-30/h2,4-5,8-12,21,23,32-33,38H,3,6-7,13-20H2,1H3/t23-/m1/s1. The number of ether oxygens (including phenoxy) is 1. The molecule has 1 saturated carbocycles. The molecule has 2 aromatic carbocycles. The predicted molar refractivity (Wildman–Crippen MR) is 149 cm³/mol. The Balaban J connectivity index is 1.36. The van der Waals surface area contributed by atoms with Crippen molar-refractivity contribution < 1.29 is 19.0 Å². The lowest BCUT2D eigenvalue weighted by molar-refractivity contribution is -0.0111. The van der Waals surface area contributed by atoms with Gasteiger partial charge in [0.25, 0.3) is 5.91 Å². The molecule has 1 aliphatic heterocycles. The van der Waals surface area contributed by atoms with Crippen LogP contribution >= 0.6 is 0 Å². The second kappa shape index (κ2) is 12.2. The molecule has 2 heterocycles. The van der Waals surface area contributed by atoms with Crippen molar-refractivity contribution in [1.29, 1.82) is 0 Å². The largest absolute Gasteiger partial charge is 0.492 e. The lowest BCUT2D eigenvalue weighted by Gasteiger charge is -2.36. The number of aromatic nitrogens is 2. The maximum absolute atomic E-state index is 14.1. The van der Waals surface area contributed by atoms with E-state index in [2.05, 4.69) is 15.6 Å². The van der Waals surface area contributed by atoms with E-state index in [1.165, 1.54) is 13.2 Å².